The van der Waals surface area contributed by atoms with Gasteiger partial charge in [-0.3, -0.25) is 4.79 Å². The summed E-state index contributed by atoms with van der Waals surface area (Å²) >= 11 is 12.7. The van der Waals surface area contributed by atoms with Crippen molar-refractivity contribution >= 4 is 34.9 Å². The van der Waals surface area contributed by atoms with Gasteiger partial charge < -0.3 is 24.6 Å². The number of hydrogen-bond acceptors (Lipinski definition) is 7. The first-order valence-electron chi connectivity index (χ1n) is 12.6. The number of rotatable bonds is 5. The summed E-state index contributed by atoms with van der Waals surface area (Å²) in [5, 5.41) is 5.08. The second-order valence-electron chi connectivity index (χ2n) is 9.85. The molecule has 0 radical (unpaired) electrons. The van der Waals surface area contributed by atoms with E-state index in [0.717, 1.165) is 61.3 Å². The number of methoxy groups -OCH3 is 1. The van der Waals surface area contributed by atoms with Crippen LogP contribution in [0.4, 0.5) is 5.82 Å². The number of piperidine rings is 1. The van der Waals surface area contributed by atoms with Gasteiger partial charge in [-0.15, -0.1) is 0 Å². The number of aromatic nitrogens is 2. The van der Waals surface area contributed by atoms with Crippen molar-refractivity contribution in [1.82, 2.24) is 20.2 Å². The van der Waals surface area contributed by atoms with Crippen molar-refractivity contribution < 1.29 is 14.3 Å². The van der Waals surface area contributed by atoms with E-state index in [1.807, 2.05) is 17.9 Å². The predicted octanol–water partition coefficient (Wildman–Crippen LogP) is 3.65. The van der Waals surface area contributed by atoms with E-state index in [1.54, 1.807) is 13.2 Å². The maximum Gasteiger partial charge on any atom is 0.272 e. The number of benzene rings is 1. The lowest BCUT2D eigenvalue weighted by molar-refractivity contribution is -0.0533. The normalized spacial score (nSPS) is 23.0. The number of ether oxygens (including phenoxy) is 2. The predicted molar refractivity (Wildman–Crippen MR) is 140 cm³/mol. The lowest BCUT2D eigenvalue weighted by Crippen LogP contribution is -2.54. The van der Waals surface area contributed by atoms with E-state index < -0.39 is 0 Å². The Morgan fingerprint density at radius 1 is 1.17 bits per heavy atom. The summed E-state index contributed by atoms with van der Waals surface area (Å²) in [5.74, 6) is 0.760. The van der Waals surface area contributed by atoms with Gasteiger partial charge in [0.05, 0.1) is 12.7 Å². The van der Waals surface area contributed by atoms with E-state index in [4.69, 9.17) is 32.7 Å². The molecule has 2 atom stereocenters. The number of hydrogen-bond donors (Lipinski definition) is 1. The average Bonchev–Trinajstić information content (AvgIpc) is 2.89. The molecule has 10 heteroatoms. The van der Waals surface area contributed by atoms with E-state index >= 15 is 0 Å². The molecule has 2 saturated heterocycles. The van der Waals surface area contributed by atoms with Crippen molar-refractivity contribution in [2.75, 3.05) is 44.9 Å². The summed E-state index contributed by atoms with van der Waals surface area (Å²) in [6.07, 6.45) is 5.13. The monoisotopic (exact) mass is 533 g/mol. The number of amides is 1. The zero-order chi connectivity index (χ0) is 25.2. The van der Waals surface area contributed by atoms with Crippen LogP contribution in [0.2, 0.25) is 10.0 Å². The molecule has 8 nitrogen and oxygen atoms in total. The molecule has 4 heterocycles. The van der Waals surface area contributed by atoms with E-state index in [1.165, 1.54) is 6.33 Å². The number of carbonyl (C=O) groups is 1. The van der Waals surface area contributed by atoms with Crippen LogP contribution in [0.3, 0.4) is 0 Å². The van der Waals surface area contributed by atoms with Crippen molar-refractivity contribution in [1.29, 1.82) is 0 Å². The molecule has 36 heavy (non-hydrogen) atoms. The molecule has 1 aromatic heterocycles. The molecule has 0 spiro atoms. The maximum atomic E-state index is 13.5. The van der Waals surface area contributed by atoms with Gasteiger partial charge in [0.15, 0.2) is 0 Å². The molecule has 1 N–H and O–H groups in total. The van der Waals surface area contributed by atoms with Crippen LogP contribution in [0.25, 0.3) is 0 Å². The Bertz CT molecular complexity index is 1110. The highest BCUT2D eigenvalue weighted by Gasteiger charge is 2.32. The van der Waals surface area contributed by atoms with E-state index in [0.29, 0.717) is 54.1 Å². The minimum absolute atomic E-state index is 0.0288. The van der Waals surface area contributed by atoms with E-state index in [-0.39, 0.29) is 12.0 Å². The molecule has 3 aliphatic heterocycles. The molecule has 0 bridgehead atoms. The van der Waals surface area contributed by atoms with Crippen molar-refractivity contribution in [3.8, 4) is 0 Å². The van der Waals surface area contributed by atoms with Crippen molar-refractivity contribution in [3.05, 3.63) is 50.9 Å². The Morgan fingerprint density at radius 3 is 2.75 bits per heavy atom. The number of nitrogens with one attached hydrogen (secondary N) is 1. The summed E-state index contributed by atoms with van der Waals surface area (Å²) in [6.45, 7) is 6.14. The molecular formula is C26H33Cl2N5O3. The molecular weight excluding hydrogens is 501 g/mol. The zero-order valence-electron chi connectivity index (χ0n) is 20.8. The van der Waals surface area contributed by atoms with Gasteiger partial charge in [-0.1, -0.05) is 23.2 Å². The highest BCUT2D eigenvalue weighted by atomic mass is 35.5. The quantitative estimate of drug-likeness (QED) is 0.628. The number of likely N-dealkylation sites (tertiary alicyclic amines) is 1. The first-order valence-corrected chi connectivity index (χ1v) is 13.4. The molecule has 2 aromatic rings. The van der Waals surface area contributed by atoms with Crippen LogP contribution >= 0.6 is 23.2 Å². The lowest BCUT2D eigenvalue weighted by atomic mass is 9.98. The fourth-order valence-corrected chi connectivity index (χ4v) is 6.23. The van der Waals surface area contributed by atoms with Gasteiger partial charge in [0, 0.05) is 67.6 Å². The molecule has 5 rings (SSSR count). The SMILES string of the molecule is COC1COCCC1NC1CCN(C(=O)c2ncnc(N3CCc4c(Cl)cc(Cl)cc4C3)c2C)CC1. The standard InChI is InChI=1S/C26H33Cl2N5O3/c1-16-24(26(34)32-7-3-19(4-8-32)31-22-6-10-36-14-23(22)35-2)29-15-30-25(16)33-9-5-20-17(13-33)11-18(27)12-21(20)28/h11-12,15,19,22-23,31H,3-10,13-14H2,1-2H3. The second-order valence-corrected chi connectivity index (χ2v) is 10.7. The van der Waals surface area contributed by atoms with Gasteiger partial charge in [-0.2, -0.15) is 0 Å². The Balaban J connectivity index is 1.24. The zero-order valence-corrected chi connectivity index (χ0v) is 22.3. The molecule has 0 saturated carbocycles. The molecule has 3 aliphatic rings. The number of carbonyl (C=O) groups excluding carboxylic acids is 1. The fraction of sp³-hybridized carbons (Fsp3) is 0.577. The number of anilines is 1. The third-order valence-electron chi connectivity index (χ3n) is 7.64. The largest absolute Gasteiger partial charge is 0.379 e. The molecule has 1 amide bonds. The van der Waals surface area contributed by atoms with Gasteiger partial charge in [0.25, 0.3) is 5.91 Å². The minimum Gasteiger partial charge on any atom is -0.379 e. The summed E-state index contributed by atoms with van der Waals surface area (Å²) in [5.41, 5.74) is 3.52. The Hall–Kier alpha value is -1.97. The number of nitrogens with zero attached hydrogens (tertiary/aromatic N) is 4. The Morgan fingerprint density at radius 2 is 1.97 bits per heavy atom. The number of fused-ring (bicyclic) bond motifs is 1. The minimum atomic E-state index is -0.0288. The smallest absolute Gasteiger partial charge is 0.272 e. The lowest BCUT2D eigenvalue weighted by Gasteiger charge is -2.38. The van der Waals surface area contributed by atoms with Crippen LogP contribution in [0, 0.1) is 6.92 Å². The molecule has 2 fully saturated rings. The Kier molecular flexibility index (Phi) is 7.98. The molecule has 0 aliphatic carbocycles. The third-order valence-corrected chi connectivity index (χ3v) is 8.20. The van der Waals surface area contributed by atoms with Crippen LogP contribution in [0.15, 0.2) is 18.5 Å². The van der Waals surface area contributed by atoms with Crippen molar-refractivity contribution in [2.45, 2.75) is 57.3 Å². The number of halogens is 2. The van der Waals surface area contributed by atoms with E-state index in [2.05, 4.69) is 20.2 Å². The van der Waals surface area contributed by atoms with Crippen LogP contribution in [-0.2, 0) is 22.4 Å². The third kappa shape index (κ3) is 5.34. The molecule has 1 aromatic carbocycles. The maximum absolute atomic E-state index is 13.5. The van der Waals surface area contributed by atoms with Crippen molar-refractivity contribution in [3.63, 3.8) is 0 Å². The second kappa shape index (κ2) is 11.2. The highest BCUT2D eigenvalue weighted by molar-refractivity contribution is 6.35. The summed E-state index contributed by atoms with van der Waals surface area (Å²) < 4.78 is 11.1. The van der Waals surface area contributed by atoms with Crippen LogP contribution < -0.4 is 10.2 Å². The fourth-order valence-electron chi connectivity index (χ4n) is 5.60. The van der Waals surface area contributed by atoms with Gasteiger partial charge in [-0.05, 0) is 55.9 Å². The first kappa shape index (κ1) is 25.7. The van der Waals surface area contributed by atoms with E-state index in [9.17, 15) is 4.79 Å². The highest BCUT2D eigenvalue weighted by Crippen LogP contribution is 2.32. The molecule has 194 valence electrons. The summed E-state index contributed by atoms with van der Waals surface area (Å²) in [7, 11) is 1.74. The average molecular weight is 534 g/mol. The topological polar surface area (TPSA) is 79.8 Å². The Labute approximate surface area is 222 Å². The van der Waals surface area contributed by atoms with Crippen LogP contribution in [0.5, 0.6) is 0 Å². The molecule has 2 unspecified atom stereocenters. The summed E-state index contributed by atoms with van der Waals surface area (Å²) in [4.78, 5) is 26.5. The van der Waals surface area contributed by atoms with Crippen LogP contribution in [-0.4, -0.2) is 78.9 Å². The van der Waals surface area contributed by atoms with Gasteiger partial charge in [-0.25, -0.2) is 9.97 Å². The van der Waals surface area contributed by atoms with Crippen LogP contribution in [0.1, 0.15) is 46.4 Å². The van der Waals surface area contributed by atoms with Gasteiger partial charge in [0.2, 0.25) is 0 Å². The first-order chi connectivity index (χ1) is 17.4. The van der Waals surface area contributed by atoms with Gasteiger partial charge >= 0.3 is 0 Å². The van der Waals surface area contributed by atoms with Crippen molar-refractivity contribution in [2.24, 2.45) is 0 Å². The summed E-state index contributed by atoms with van der Waals surface area (Å²) in [6, 6.07) is 4.42. The van der Waals surface area contributed by atoms with Gasteiger partial charge in [0.1, 0.15) is 17.8 Å².